The Morgan fingerprint density at radius 3 is 2.28 bits per heavy atom. The highest BCUT2D eigenvalue weighted by molar-refractivity contribution is 7.89. The topological polar surface area (TPSA) is 105 Å². The second-order valence-electron chi connectivity index (χ2n) is 7.36. The van der Waals surface area contributed by atoms with Crippen molar-refractivity contribution in [3.8, 4) is 5.75 Å². The molecule has 0 bridgehead atoms. The van der Waals surface area contributed by atoms with Gasteiger partial charge < -0.3 is 15.4 Å². The minimum absolute atomic E-state index is 0.0211. The predicted molar refractivity (Wildman–Crippen MR) is 117 cm³/mol. The monoisotopic (exact) mass is 463 g/mol. The number of carbonyl (C=O) groups is 2. The highest BCUT2D eigenvalue weighted by Gasteiger charge is 2.32. The van der Waals surface area contributed by atoms with E-state index in [-0.39, 0.29) is 42.3 Å². The van der Waals surface area contributed by atoms with Crippen molar-refractivity contribution in [2.45, 2.75) is 24.7 Å². The fourth-order valence-electron chi connectivity index (χ4n) is 3.43. The Hall–Kier alpha value is -2.98. The SMILES string of the molecule is CCOc1ccc(NC(=O)CNC(=O)C2CCN(S(=O)(=O)c3ccc(F)cc3)CC2)cc1. The van der Waals surface area contributed by atoms with E-state index in [1.165, 1.54) is 16.4 Å². The van der Waals surface area contributed by atoms with Gasteiger partial charge in [0.05, 0.1) is 18.0 Å². The van der Waals surface area contributed by atoms with Crippen LogP contribution >= 0.6 is 0 Å². The van der Waals surface area contributed by atoms with Gasteiger partial charge in [0.15, 0.2) is 0 Å². The molecule has 3 rings (SSSR count). The second kappa shape index (κ2) is 10.6. The Bertz CT molecular complexity index is 1030. The Labute approximate surface area is 186 Å². The number of rotatable bonds is 8. The molecule has 8 nitrogen and oxygen atoms in total. The summed E-state index contributed by atoms with van der Waals surface area (Å²) < 4.78 is 45.0. The predicted octanol–water partition coefficient (Wildman–Crippen LogP) is 2.38. The Morgan fingerprint density at radius 1 is 1.06 bits per heavy atom. The number of nitrogens with one attached hydrogen (secondary N) is 2. The lowest BCUT2D eigenvalue weighted by Gasteiger charge is -2.30. The fourth-order valence-corrected chi connectivity index (χ4v) is 4.90. The van der Waals surface area contributed by atoms with E-state index in [2.05, 4.69) is 10.6 Å². The van der Waals surface area contributed by atoms with Gasteiger partial charge in [0, 0.05) is 24.7 Å². The molecule has 2 aromatic carbocycles. The van der Waals surface area contributed by atoms with Crippen molar-refractivity contribution in [3.63, 3.8) is 0 Å². The van der Waals surface area contributed by atoms with Crippen LogP contribution in [0.15, 0.2) is 53.4 Å². The molecule has 2 N–H and O–H groups in total. The summed E-state index contributed by atoms with van der Waals surface area (Å²) in [6.07, 6.45) is 0.680. The van der Waals surface area contributed by atoms with Crippen LogP contribution in [0.25, 0.3) is 0 Å². The zero-order chi connectivity index (χ0) is 23.1. The molecule has 2 amide bonds. The molecule has 1 heterocycles. The molecule has 0 aromatic heterocycles. The van der Waals surface area contributed by atoms with Crippen molar-refractivity contribution in [1.29, 1.82) is 0 Å². The van der Waals surface area contributed by atoms with Crippen LogP contribution in [0.5, 0.6) is 5.75 Å². The summed E-state index contributed by atoms with van der Waals surface area (Å²) in [4.78, 5) is 24.5. The number of amides is 2. The molecule has 1 aliphatic rings. The van der Waals surface area contributed by atoms with Crippen molar-refractivity contribution in [3.05, 3.63) is 54.3 Å². The van der Waals surface area contributed by atoms with E-state index in [9.17, 15) is 22.4 Å². The summed E-state index contributed by atoms with van der Waals surface area (Å²) in [7, 11) is -3.73. The third-order valence-electron chi connectivity index (χ3n) is 5.15. The average Bonchev–Trinajstić information content (AvgIpc) is 2.79. The first-order valence-electron chi connectivity index (χ1n) is 10.4. The molecule has 1 saturated heterocycles. The molecule has 1 fully saturated rings. The first-order chi connectivity index (χ1) is 15.3. The molecule has 10 heteroatoms. The van der Waals surface area contributed by atoms with Crippen LogP contribution in [-0.2, 0) is 19.6 Å². The average molecular weight is 464 g/mol. The van der Waals surface area contributed by atoms with Gasteiger partial charge in [-0.05, 0) is 68.3 Å². The number of piperidine rings is 1. The number of carbonyl (C=O) groups excluding carboxylic acids is 2. The Morgan fingerprint density at radius 2 is 1.69 bits per heavy atom. The highest BCUT2D eigenvalue weighted by Crippen LogP contribution is 2.24. The molecular weight excluding hydrogens is 437 g/mol. The van der Waals surface area contributed by atoms with Gasteiger partial charge in [-0.1, -0.05) is 0 Å². The van der Waals surface area contributed by atoms with Crippen LogP contribution < -0.4 is 15.4 Å². The van der Waals surface area contributed by atoms with Gasteiger partial charge >= 0.3 is 0 Å². The molecule has 0 unspecified atom stereocenters. The maximum absolute atomic E-state index is 13.1. The Kier molecular flexibility index (Phi) is 7.81. The lowest BCUT2D eigenvalue weighted by atomic mass is 9.97. The maximum Gasteiger partial charge on any atom is 0.243 e. The number of halogens is 1. The van der Waals surface area contributed by atoms with E-state index in [1.807, 2.05) is 6.92 Å². The molecule has 0 radical (unpaired) electrons. The first-order valence-corrected chi connectivity index (χ1v) is 11.8. The number of anilines is 1. The zero-order valence-electron chi connectivity index (χ0n) is 17.7. The van der Waals surface area contributed by atoms with Gasteiger partial charge in [-0.2, -0.15) is 4.31 Å². The highest BCUT2D eigenvalue weighted by atomic mass is 32.2. The number of ether oxygens (including phenoxy) is 1. The van der Waals surface area contributed by atoms with Crippen molar-refractivity contribution in [1.82, 2.24) is 9.62 Å². The molecular formula is C22H26FN3O5S. The number of hydrogen-bond acceptors (Lipinski definition) is 5. The maximum atomic E-state index is 13.1. The summed E-state index contributed by atoms with van der Waals surface area (Å²) in [5.41, 5.74) is 0.590. The van der Waals surface area contributed by atoms with Crippen molar-refractivity contribution in [2.24, 2.45) is 5.92 Å². The third kappa shape index (κ3) is 6.04. The third-order valence-corrected chi connectivity index (χ3v) is 7.06. The molecule has 0 spiro atoms. The van der Waals surface area contributed by atoms with E-state index < -0.39 is 15.8 Å². The van der Waals surface area contributed by atoms with Gasteiger partial charge in [-0.15, -0.1) is 0 Å². The summed E-state index contributed by atoms with van der Waals surface area (Å²) in [6, 6.07) is 11.6. The molecule has 172 valence electrons. The standard InChI is InChI=1S/C22H26FN3O5S/c1-2-31-19-7-5-18(6-8-19)25-21(27)15-24-22(28)16-11-13-26(14-12-16)32(29,30)20-9-3-17(23)4-10-20/h3-10,16H,2,11-15H2,1H3,(H,24,28)(H,25,27). The molecule has 1 aliphatic heterocycles. The van der Waals surface area contributed by atoms with Crippen molar-refractivity contribution >= 4 is 27.5 Å². The van der Waals surface area contributed by atoms with Crippen molar-refractivity contribution < 1.29 is 27.1 Å². The summed E-state index contributed by atoms with van der Waals surface area (Å²) >= 11 is 0. The van der Waals surface area contributed by atoms with Gasteiger partial charge in [0.1, 0.15) is 11.6 Å². The van der Waals surface area contributed by atoms with Crippen LogP contribution in [0, 0.1) is 11.7 Å². The van der Waals surface area contributed by atoms with Crippen molar-refractivity contribution in [2.75, 3.05) is 31.6 Å². The van der Waals surface area contributed by atoms with E-state index in [0.29, 0.717) is 30.9 Å². The van der Waals surface area contributed by atoms with Gasteiger partial charge in [-0.25, -0.2) is 12.8 Å². The molecule has 0 saturated carbocycles. The zero-order valence-corrected chi connectivity index (χ0v) is 18.5. The smallest absolute Gasteiger partial charge is 0.243 e. The molecule has 0 atom stereocenters. The molecule has 32 heavy (non-hydrogen) atoms. The first kappa shape index (κ1) is 23.7. The molecule has 2 aromatic rings. The van der Waals surface area contributed by atoms with Crippen LogP contribution in [-0.4, -0.2) is 50.8 Å². The van der Waals surface area contributed by atoms with Crippen LogP contribution in [0.1, 0.15) is 19.8 Å². The fraction of sp³-hybridized carbons (Fsp3) is 0.364. The van der Waals surface area contributed by atoms with E-state index >= 15 is 0 Å². The van der Waals surface area contributed by atoms with Gasteiger partial charge in [0.25, 0.3) is 0 Å². The van der Waals surface area contributed by atoms with Crippen LogP contribution in [0.2, 0.25) is 0 Å². The van der Waals surface area contributed by atoms with Crippen LogP contribution in [0.4, 0.5) is 10.1 Å². The largest absolute Gasteiger partial charge is 0.494 e. The van der Waals surface area contributed by atoms with Gasteiger partial charge in [-0.3, -0.25) is 9.59 Å². The minimum atomic E-state index is -3.73. The number of hydrogen-bond donors (Lipinski definition) is 2. The summed E-state index contributed by atoms with van der Waals surface area (Å²) in [5, 5.41) is 5.31. The number of nitrogens with zero attached hydrogens (tertiary/aromatic N) is 1. The second-order valence-corrected chi connectivity index (χ2v) is 9.29. The molecule has 0 aliphatic carbocycles. The number of sulfonamides is 1. The van der Waals surface area contributed by atoms with Crippen LogP contribution in [0.3, 0.4) is 0 Å². The van der Waals surface area contributed by atoms with E-state index in [0.717, 1.165) is 12.1 Å². The quantitative estimate of drug-likeness (QED) is 0.626. The Balaban J connectivity index is 1.45. The normalized spacial score (nSPS) is 15.2. The minimum Gasteiger partial charge on any atom is -0.494 e. The van der Waals surface area contributed by atoms with E-state index in [4.69, 9.17) is 4.74 Å². The lowest BCUT2D eigenvalue weighted by Crippen LogP contribution is -2.44. The van der Waals surface area contributed by atoms with Gasteiger partial charge in [0.2, 0.25) is 21.8 Å². The summed E-state index contributed by atoms with van der Waals surface area (Å²) in [6.45, 7) is 2.61. The van der Waals surface area contributed by atoms with E-state index in [1.54, 1.807) is 24.3 Å². The summed E-state index contributed by atoms with van der Waals surface area (Å²) in [5.74, 6) is -0.838. The number of benzene rings is 2. The lowest BCUT2D eigenvalue weighted by molar-refractivity contribution is -0.128.